The van der Waals surface area contributed by atoms with Gasteiger partial charge in [0.15, 0.2) is 4.77 Å². The van der Waals surface area contributed by atoms with E-state index in [0.29, 0.717) is 10.3 Å². The summed E-state index contributed by atoms with van der Waals surface area (Å²) in [7, 11) is 0. The second kappa shape index (κ2) is 6.23. The number of hydrazine groups is 1. The number of anilines is 1. The second-order valence-electron chi connectivity index (χ2n) is 4.53. The summed E-state index contributed by atoms with van der Waals surface area (Å²) in [4.78, 5) is 12.2. The first-order valence-electron chi connectivity index (χ1n) is 6.58. The normalized spacial score (nSPS) is 10.2. The first kappa shape index (κ1) is 14.0. The summed E-state index contributed by atoms with van der Waals surface area (Å²) in [6.07, 6.45) is 1.57. The number of carbonyl (C=O) groups excluding carboxylic acids is 1. The highest BCUT2D eigenvalue weighted by molar-refractivity contribution is 7.71. The van der Waals surface area contributed by atoms with Gasteiger partial charge in [0.2, 0.25) is 0 Å². The van der Waals surface area contributed by atoms with E-state index in [1.54, 1.807) is 29.1 Å². The number of amides is 1. The lowest BCUT2D eigenvalue weighted by Crippen LogP contribution is -2.29. The minimum absolute atomic E-state index is 0.235. The number of hydrogen-bond acceptors (Lipinski definition) is 4. The lowest BCUT2D eigenvalue weighted by Gasteiger charge is -2.09. The number of H-pyrrole nitrogens is 1. The van der Waals surface area contributed by atoms with Crippen LogP contribution in [0.2, 0.25) is 0 Å². The molecular weight excluding hydrogens is 298 g/mol. The molecule has 22 heavy (non-hydrogen) atoms. The zero-order valence-corrected chi connectivity index (χ0v) is 12.3. The minimum Gasteiger partial charge on any atom is -0.298 e. The zero-order valence-electron chi connectivity index (χ0n) is 11.5. The molecule has 2 aromatic carbocycles. The van der Waals surface area contributed by atoms with Crippen molar-refractivity contribution in [1.82, 2.24) is 20.2 Å². The Balaban J connectivity index is 1.76. The summed E-state index contributed by atoms with van der Waals surface area (Å²) in [5, 5.41) is 6.55. The first-order chi connectivity index (χ1) is 10.7. The van der Waals surface area contributed by atoms with Crippen LogP contribution in [0.25, 0.3) is 5.69 Å². The number of aromatic nitrogens is 3. The quantitative estimate of drug-likeness (QED) is 0.511. The molecule has 3 aromatic rings. The molecule has 0 radical (unpaired) electrons. The third-order valence-corrected chi connectivity index (χ3v) is 3.32. The van der Waals surface area contributed by atoms with Crippen molar-refractivity contribution in [3.63, 3.8) is 0 Å². The van der Waals surface area contributed by atoms with E-state index < -0.39 is 0 Å². The lowest BCUT2D eigenvalue weighted by molar-refractivity contribution is 0.0962. The van der Waals surface area contributed by atoms with Gasteiger partial charge in [-0.2, -0.15) is 5.10 Å². The van der Waals surface area contributed by atoms with Gasteiger partial charge in [0.05, 0.1) is 11.4 Å². The Bertz CT molecular complexity index is 840. The maximum absolute atomic E-state index is 12.2. The number of carbonyl (C=O) groups is 1. The predicted molar refractivity (Wildman–Crippen MR) is 86.3 cm³/mol. The first-order valence-corrected chi connectivity index (χ1v) is 6.99. The topological polar surface area (TPSA) is 74.7 Å². The highest BCUT2D eigenvalue weighted by Gasteiger charge is 2.07. The Morgan fingerprint density at radius 1 is 1.14 bits per heavy atom. The van der Waals surface area contributed by atoms with Crippen LogP contribution < -0.4 is 10.9 Å². The van der Waals surface area contributed by atoms with Gasteiger partial charge in [-0.05, 0) is 42.5 Å². The van der Waals surface area contributed by atoms with Gasteiger partial charge in [0.1, 0.15) is 6.33 Å². The Kier molecular flexibility index (Phi) is 3.97. The molecule has 1 heterocycles. The number of para-hydroxylation sites is 1. The summed E-state index contributed by atoms with van der Waals surface area (Å²) in [6.45, 7) is 0. The van der Waals surface area contributed by atoms with Gasteiger partial charge in [-0.1, -0.05) is 24.3 Å². The monoisotopic (exact) mass is 311 g/mol. The molecule has 0 aliphatic rings. The number of benzene rings is 2. The van der Waals surface area contributed by atoms with E-state index in [0.717, 1.165) is 11.4 Å². The zero-order chi connectivity index (χ0) is 15.4. The highest BCUT2D eigenvalue weighted by Crippen LogP contribution is 2.11. The number of hydrogen-bond donors (Lipinski definition) is 3. The summed E-state index contributed by atoms with van der Waals surface area (Å²) in [5.74, 6) is -0.235. The summed E-state index contributed by atoms with van der Waals surface area (Å²) >= 11 is 5.12. The summed E-state index contributed by atoms with van der Waals surface area (Å²) < 4.78 is 2.16. The fraction of sp³-hybridized carbons (Fsp3) is 0. The fourth-order valence-electron chi connectivity index (χ4n) is 1.95. The van der Waals surface area contributed by atoms with Crippen molar-refractivity contribution in [3.05, 3.63) is 71.3 Å². The Labute approximate surface area is 131 Å². The largest absolute Gasteiger partial charge is 0.298 e. The van der Waals surface area contributed by atoms with Gasteiger partial charge in [0, 0.05) is 5.56 Å². The van der Waals surface area contributed by atoms with Gasteiger partial charge in [-0.25, -0.2) is 0 Å². The van der Waals surface area contributed by atoms with Crippen molar-refractivity contribution in [2.75, 3.05) is 5.43 Å². The Morgan fingerprint density at radius 2 is 1.95 bits per heavy atom. The molecule has 0 fully saturated rings. The molecule has 6 nitrogen and oxygen atoms in total. The van der Waals surface area contributed by atoms with Crippen molar-refractivity contribution in [2.24, 2.45) is 0 Å². The van der Waals surface area contributed by atoms with Crippen LogP contribution in [-0.2, 0) is 0 Å². The summed E-state index contributed by atoms with van der Waals surface area (Å²) in [5.41, 5.74) is 7.61. The molecule has 0 aliphatic heterocycles. The van der Waals surface area contributed by atoms with Crippen molar-refractivity contribution >= 4 is 23.8 Å². The molecule has 0 atom stereocenters. The standard InChI is InChI=1S/C15H13N5OS/c21-14(18-17-12-6-2-1-3-7-12)11-5-4-8-13(9-11)20-10-16-19-15(20)22/h1-10,17H,(H,18,21)(H,19,22). The third kappa shape index (κ3) is 3.04. The molecule has 0 unspecified atom stereocenters. The third-order valence-electron chi connectivity index (χ3n) is 3.03. The van der Waals surface area contributed by atoms with Crippen molar-refractivity contribution < 1.29 is 4.79 Å². The molecule has 0 spiro atoms. The summed E-state index contributed by atoms with van der Waals surface area (Å²) in [6, 6.07) is 16.5. The number of rotatable bonds is 4. The minimum atomic E-state index is -0.235. The number of aromatic amines is 1. The Morgan fingerprint density at radius 3 is 2.68 bits per heavy atom. The van der Waals surface area contributed by atoms with Crippen LogP contribution in [0.3, 0.4) is 0 Å². The van der Waals surface area contributed by atoms with Crippen LogP contribution in [0.1, 0.15) is 10.4 Å². The molecule has 1 amide bonds. The van der Waals surface area contributed by atoms with E-state index in [9.17, 15) is 4.79 Å². The van der Waals surface area contributed by atoms with E-state index in [1.165, 1.54) is 0 Å². The SMILES string of the molecule is O=C(NNc1ccccc1)c1cccc(-n2cn[nH]c2=S)c1. The molecule has 3 rings (SSSR count). The van der Waals surface area contributed by atoms with Crippen LogP contribution in [-0.4, -0.2) is 20.7 Å². The van der Waals surface area contributed by atoms with Gasteiger partial charge >= 0.3 is 0 Å². The molecule has 0 saturated carbocycles. The van der Waals surface area contributed by atoms with Crippen molar-refractivity contribution in [1.29, 1.82) is 0 Å². The lowest BCUT2D eigenvalue weighted by atomic mass is 10.2. The van der Waals surface area contributed by atoms with Crippen molar-refractivity contribution in [3.8, 4) is 5.69 Å². The molecule has 0 aliphatic carbocycles. The molecule has 0 bridgehead atoms. The van der Waals surface area contributed by atoms with E-state index in [-0.39, 0.29) is 5.91 Å². The molecule has 3 N–H and O–H groups in total. The van der Waals surface area contributed by atoms with Gasteiger partial charge in [-0.3, -0.25) is 25.3 Å². The van der Waals surface area contributed by atoms with Crippen LogP contribution in [0.4, 0.5) is 5.69 Å². The van der Waals surface area contributed by atoms with Crippen LogP contribution in [0, 0.1) is 4.77 Å². The maximum Gasteiger partial charge on any atom is 0.269 e. The predicted octanol–water partition coefficient (Wildman–Crippen LogP) is 2.69. The van der Waals surface area contributed by atoms with E-state index in [4.69, 9.17) is 12.2 Å². The molecular formula is C15H13N5OS. The van der Waals surface area contributed by atoms with Crippen LogP contribution in [0.15, 0.2) is 60.9 Å². The molecule has 1 aromatic heterocycles. The highest BCUT2D eigenvalue weighted by atomic mass is 32.1. The van der Waals surface area contributed by atoms with Crippen LogP contribution >= 0.6 is 12.2 Å². The maximum atomic E-state index is 12.2. The smallest absolute Gasteiger partial charge is 0.269 e. The van der Waals surface area contributed by atoms with Crippen molar-refractivity contribution in [2.45, 2.75) is 0 Å². The second-order valence-corrected chi connectivity index (χ2v) is 4.91. The molecule has 7 heteroatoms. The van der Waals surface area contributed by atoms with E-state index in [1.807, 2.05) is 36.4 Å². The van der Waals surface area contributed by atoms with E-state index in [2.05, 4.69) is 21.0 Å². The fourth-order valence-corrected chi connectivity index (χ4v) is 2.16. The van der Waals surface area contributed by atoms with E-state index >= 15 is 0 Å². The van der Waals surface area contributed by atoms with Crippen LogP contribution in [0.5, 0.6) is 0 Å². The van der Waals surface area contributed by atoms with Gasteiger partial charge in [-0.15, -0.1) is 0 Å². The molecule has 110 valence electrons. The number of nitrogens with zero attached hydrogens (tertiary/aromatic N) is 2. The van der Waals surface area contributed by atoms with Gasteiger partial charge < -0.3 is 0 Å². The Hall–Kier alpha value is -2.93. The number of nitrogens with one attached hydrogen (secondary N) is 3. The molecule has 0 saturated heterocycles. The van der Waals surface area contributed by atoms with Gasteiger partial charge in [0.25, 0.3) is 5.91 Å². The average Bonchev–Trinajstić information content (AvgIpc) is 3.00. The average molecular weight is 311 g/mol.